The van der Waals surface area contributed by atoms with Crippen molar-refractivity contribution < 1.29 is 9.47 Å². The summed E-state index contributed by atoms with van der Waals surface area (Å²) in [6.07, 6.45) is 14.0. The van der Waals surface area contributed by atoms with Gasteiger partial charge in [0, 0.05) is 0 Å². The minimum atomic E-state index is 0.274. The van der Waals surface area contributed by atoms with Crippen LogP contribution in [-0.2, 0) is 0 Å². The Morgan fingerprint density at radius 3 is 2.07 bits per heavy atom. The van der Waals surface area contributed by atoms with Gasteiger partial charge in [-0.15, -0.1) is 0 Å². The van der Waals surface area contributed by atoms with Crippen LogP contribution in [0.4, 0.5) is 0 Å². The average Bonchev–Trinajstić information content (AvgIpc) is 2.77. The molecule has 157 valence electrons. The second-order valence-corrected chi connectivity index (χ2v) is 8.45. The normalized spacial score (nSPS) is 15.8. The van der Waals surface area contributed by atoms with Crippen molar-refractivity contribution in [1.29, 1.82) is 0 Å². The summed E-state index contributed by atoms with van der Waals surface area (Å²) in [5.41, 5.74) is 2.42. The molecule has 0 amide bonds. The fourth-order valence-electron chi connectivity index (χ4n) is 4.00. The molecule has 1 saturated carbocycles. The lowest BCUT2D eigenvalue weighted by molar-refractivity contribution is 0.206. The maximum Gasteiger partial charge on any atom is 0.119 e. The lowest BCUT2D eigenvalue weighted by atomic mass is 9.90. The summed E-state index contributed by atoms with van der Waals surface area (Å²) in [6.45, 7) is 5.26. The Morgan fingerprint density at radius 1 is 0.828 bits per heavy atom. The molecule has 2 nitrogen and oxygen atoms in total. The van der Waals surface area contributed by atoms with Crippen LogP contribution in [0.1, 0.15) is 71.6 Å². The zero-order chi connectivity index (χ0) is 20.3. The molecule has 1 atom stereocenters. The first-order valence-corrected chi connectivity index (χ1v) is 11.6. The van der Waals surface area contributed by atoms with Crippen molar-refractivity contribution in [3.05, 3.63) is 55.0 Å². The van der Waals surface area contributed by atoms with Gasteiger partial charge < -0.3 is 9.47 Å². The fourth-order valence-corrected chi connectivity index (χ4v) is 4.00. The number of benzene rings is 2. The second-order valence-electron chi connectivity index (χ2n) is 8.45. The smallest absolute Gasteiger partial charge is 0.119 e. The van der Waals surface area contributed by atoms with Crippen molar-refractivity contribution in [2.75, 3.05) is 6.61 Å². The van der Waals surface area contributed by atoms with Gasteiger partial charge in [-0.1, -0.05) is 50.5 Å². The zero-order valence-corrected chi connectivity index (χ0v) is 18.2. The molecule has 1 aliphatic rings. The molecule has 1 aliphatic carbocycles. The third-order valence-corrected chi connectivity index (χ3v) is 5.89. The molecule has 0 heterocycles. The molecule has 0 aliphatic heterocycles. The summed E-state index contributed by atoms with van der Waals surface area (Å²) >= 11 is 0. The molecule has 2 heteroatoms. The van der Waals surface area contributed by atoms with E-state index < -0.39 is 0 Å². The largest absolute Gasteiger partial charge is 0.493 e. The van der Waals surface area contributed by atoms with Gasteiger partial charge in [0.15, 0.2) is 0 Å². The standard InChI is InChI=1S/C27H37O2/c1-3-4-5-7-10-22(2)29-27-19-15-25(16-20-27)24-13-17-26(18-14-24)28-21-23-11-8-6-9-12-23/h6,13-20,22-23H,3-5,7-12,21H2,1-2H3/t22-/m0/s1. The Hall–Kier alpha value is -1.96. The van der Waals surface area contributed by atoms with E-state index in [0.717, 1.165) is 24.5 Å². The summed E-state index contributed by atoms with van der Waals surface area (Å²) in [6, 6.07) is 16.9. The quantitative estimate of drug-likeness (QED) is 0.362. The Kier molecular flexibility index (Phi) is 8.92. The average molecular weight is 394 g/mol. The van der Waals surface area contributed by atoms with Gasteiger partial charge in [-0.25, -0.2) is 0 Å². The van der Waals surface area contributed by atoms with E-state index in [1.807, 2.05) is 0 Å². The highest BCUT2D eigenvalue weighted by molar-refractivity contribution is 5.64. The van der Waals surface area contributed by atoms with Crippen molar-refractivity contribution in [2.45, 2.75) is 77.7 Å². The second kappa shape index (κ2) is 11.9. The molecule has 1 radical (unpaired) electrons. The van der Waals surface area contributed by atoms with E-state index in [0.29, 0.717) is 5.92 Å². The highest BCUT2D eigenvalue weighted by Crippen LogP contribution is 2.27. The number of unbranched alkanes of at least 4 members (excludes halogenated alkanes) is 3. The van der Waals surface area contributed by atoms with Crippen LogP contribution in [-0.4, -0.2) is 12.7 Å². The molecule has 0 aromatic heterocycles. The highest BCUT2D eigenvalue weighted by Gasteiger charge is 2.14. The van der Waals surface area contributed by atoms with Crippen LogP contribution in [0.25, 0.3) is 11.1 Å². The first-order chi connectivity index (χ1) is 14.2. The van der Waals surface area contributed by atoms with Crippen molar-refractivity contribution in [3.8, 4) is 22.6 Å². The maximum absolute atomic E-state index is 6.07. The summed E-state index contributed by atoms with van der Waals surface area (Å²) in [7, 11) is 0. The first kappa shape index (κ1) is 21.7. The van der Waals surface area contributed by atoms with Crippen molar-refractivity contribution in [2.24, 2.45) is 5.92 Å². The predicted molar refractivity (Wildman–Crippen MR) is 122 cm³/mol. The van der Waals surface area contributed by atoms with Crippen molar-refractivity contribution in [3.63, 3.8) is 0 Å². The van der Waals surface area contributed by atoms with E-state index in [-0.39, 0.29) is 6.10 Å². The third kappa shape index (κ3) is 7.42. The summed E-state index contributed by atoms with van der Waals surface area (Å²) in [5, 5.41) is 0. The minimum Gasteiger partial charge on any atom is -0.493 e. The predicted octanol–water partition coefficient (Wildman–Crippen LogP) is 7.86. The van der Waals surface area contributed by atoms with Gasteiger partial charge in [-0.05, 0) is 93.2 Å². The van der Waals surface area contributed by atoms with Crippen LogP contribution in [0, 0.1) is 12.3 Å². The van der Waals surface area contributed by atoms with E-state index >= 15 is 0 Å². The highest BCUT2D eigenvalue weighted by atomic mass is 16.5. The van der Waals surface area contributed by atoms with E-state index in [1.165, 1.54) is 62.5 Å². The Labute approximate surface area is 177 Å². The minimum absolute atomic E-state index is 0.274. The number of hydrogen-bond donors (Lipinski definition) is 0. The van der Waals surface area contributed by atoms with E-state index in [1.54, 1.807) is 0 Å². The molecule has 3 rings (SSSR count). The topological polar surface area (TPSA) is 18.5 Å². The Bertz CT molecular complexity index is 683. The number of ether oxygens (including phenoxy) is 2. The lowest BCUT2D eigenvalue weighted by Crippen LogP contribution is -2.15. The fraction of sp³-hybridized carbons (Fsp3) is 0.519. The summed E-state index contributed by atoms with van der Waals surface area (Å²) in [4.78, 5) is 0. The van der Waals surface area contributed by atoms with E-state index in [9.17, 15) is 0 Å². The molecule has 2 aromatic rings. The summed E-state index contributed by atoms with van der Waals surface area (Å²) < 4.78 is 12.1. The monoisotopic (exact) mass is 393 g/mol. The van der Waals surface area contributed by atoms with Crippen LogP contribution in [0.15, 0.2) is 48.5 Å². The molecule has 0 saturated heterocycles. The van der Waals surface area contributed by atoms with Gasteiger partial charge in [0.2, 0.25) is 0 Å². The molecule has 0 spiro atoms. The van der Waals surface area contributed by atoms with Crippen LogP contribution < -0.4 is 9.47 Å². The van der Waals surface area contributed by atoms with Gasteiger partial charge in [-0.2, -0.15) is 0 Å². The van der Waals surface area contributed by atoms with E-state index in [4.69, 9.17) is 9.47 Å². The zero-order valence-electron chi connectivity index (χ0n) is 18.2. The van der Waals surface area contributed by atoms with Crippen molar-refractivity contribution in [1.82, 2.24) is 0 Å². The molecule has 2 aromatic carbocycles. The maximum atomic E-state index is 6.07. The van der Waals surface area contributed by atoms with Gasteiger partial charge in [-0.3, -0.25) is 0 Å². The van der Waals surface area contributed by atoms with Crippen LogP contribution >= 0.6 is 0 Å². The SMILES string of the molecule is CCCCCC[C@H](C)Oc1ccc(-c2ccc(OCC3CC[CH]CC3)cc2)cc1. The van der Waals surface area contributed by atoms with Gasteiger partial charge in [0.05, 0.1) is 12.7 Å². The van der Waals surface area contributed by atoms with Gasteiger partial charge in [0.1, 0.15) is 11.5 Å². The summed E-state index contributed by atoms with van der Waals surface area (Å²) in [5.74, 6) is 2.64. The van der Waals surface area contributed by atoms with Crippen LogP contribution in [0.2, 0.25) is 0 Å². The molecule has 0 bridgehead atoms. The Balaban J connectivity index is 1.46. The van der Waals surface area contributed by atoms with E-state index in [2.05, 4.69) is 68.8 Å². The Morgan fingerprint density at radius 2 is 1.45 bits per heavy atom. The molecule has 0 N–H and O–H groups in total. The first-order valence-electron chi connectivity index (χ1n) is 11.6. The van der Waals surface area contributed by atoms with Crippen LogP contribution in [0.3, 0.4) is 0 Å². The number of rotatable bonds is 11. The molecular weight excluding hydrogens is 356 g/mol. The van der Waals surface area contributed by atoms with Crippen molar-refractivity contribution >= 4 is 0 Å². The molecule has 0 unspecified atom stereocenters. The molecular formula is C27H37O2. The lowest BCUT2D eigenvalue weighted by Gasteiger charge is -2.21. The molecule has 29 heavy (non-hydrogen) atoms. The van der Waals surface area contributed by atoms with Gasteiger partial charge in [0.25, 0.3) is 0 Å². The number of hydrogen-bond acceptors (Lipinski definition) is 2. The van der Waals surface area contributed by atoms with Gasteiger partial charge >= 0.3 is 0 Å². The molecule has 1 fully saturated rings. The third-order valence-electron chi connectivity index (χ3n) is 5.89. The van der Waals surface area contributed by atoms with Crippen LogP contribution in [0.5, 0.6) is 11.5 Å².